The molecule has 0 fully saturated rings. The molecule has 0 aromatic carbocycles. The molecule has 2 N–H and O–H groups in total. The van der Waals surface area contributed by atoms with Crippen molar-refractivity contribution in [2.45, 2.75) is 13.8 Å². The van der Waals surface area contributed by atoms with Gasteiger partial charge in [0.15, 0.2) is 0 Å². The molecule has 2 rings (SSSR count). The van der Waals surface area contributed by atoms with Gasteiger partial charge in [-0.3, -0.25) is 4.79 Å². The van der Waals surface area contributed by atoms with Gasteiger partial charge in [-0.05, 0) is 37.6 Å². The third-order valence-electron chi connectivity index (χ3n) is 2.61. The highest BCUT2D eigenvalue weighted by atomic mass is 35.5. The second kappa shape index (κ2) is 6.34. The standard InChI is InChI=1S/C14H15ClN4O/c1-3-16-12-7-10(11(15)8-18-12)14(20)19-13-6-9(2)4-5-17-13/h4-8H,3H2,1-2H3,(H,16,18)(H,17,19,20). The molecule has 1 amide bonds. The molecule has 6 heteroatoms. The molecule has 5 nitrogen and oxygen atoms in total. The van der Waals surface area contributed by atoms with Crippen LogP contribution in [0.5, 0.6) is 0 Å². The third-order valence-corrected chi connectivity index (χ3v) is 2.92. The molecule has 104 valence electrons. The molecular weight excluding hydrogens is 276 g/mol. The van der Waals surface area contributed by atoms with E-state index in [9.17, 15) is 4.79 Å². The number of aromatic nitrogens is 2. The van der Waals surface area contributed by atoms with Crippen molar-refractivity contribution in [1.29, 1.82) is 0 Å². The van der Waals surface area contributed by atoms with Crippen LogP contribution in [0.25, 0.3) is 0 Å². The Labute approximate surface area is 122 Å². The van der Waals surface area contributed by atoms with Crippen molar-refractivity contribution in [2.24, 2.45) is 0 Å². The number of hydrogen-bond acceptors (Lipinski definition) is 4. The highest BCUT2D eigenvalue weighted by molar-refractivity contribution is 6.34. The number of anilines is 2. The Hall–Kier alpha value is -2.14. The largest absolute Gasteiger partial charge is 0.370 e. The van der Waals surface area contributed by atoms with Gasteiger partial charge in [-0.1, -0.05) is 11.6 Å². The average molecular weight is 291 g/mol. The minimum absolute atomic E-state index is 0.303. The van der Waals surface area contributed by atoms with Crippen LogP contribution >= 0.6 is 11.6 Å². The first-order valence-electron chi connectivity index (χ1n) is 6.23. The zero-order valence-electron chi connectivity index (χ0n) is 11.3. The molecule has 0 saturated heterocycles. The molecule has 20 heavy (non-hydrogen) atoms. The maximum absolute atomic E-state index is 12.2. The van der Waals surface area contributed by atoms with E-state index in [1.54, 1.807) is 18.3 Å². The number of nitrogens with one attached hydrogen (secondary N) is 2. The predicted molar refractivity (Wildman–Crippen MR) is 80.3 cm³/mol. The molecule has 2 aromatic heterocycles. The van der Waals surface area contributed by atoms with Gasteiger partial charge in [0.2, 0.25) is 0 Å². The minimum Gasteiger partial charge on any atom is -0.370 e. The van der Waals surface area contributed by atoms with E-state index in [1.807, 2.05) is 19.9 Å². The Morgan fingerprint density at radius 2 is 2.10 bits per heavy atom. The van der Waals surface area contributed by atoms with Crippen LogP contribution < -0.4 is 10.6 Å². The summed E-state index contributed by atoms with van der Waals surface area (Å²) >= 11 is 6.02. The number of aryl methyl sites for hydroxylation is 1. The number of carbonyl (C=O) groups excluding carboxylic acids is 1. The van der Waals surface area contributed by atoms with Gasteiger partial charge in [0.1, 0.15) is 11.6 Å². The number of hydrogen-bond donors (Lipinski definition) is 2. The van der Waals surface area contributed by atoms with Crippen molar-refractivity contribution in [1.82, 2.24) is 9.97 Å². The zero-order chi connectivity index (χ0) is 14.5. The number of pyridine rings is 2. The van der Waals surface area contributed by atoms with Crippen molar-refractivity contribution in [3.05, 3.63) is 46.7 Å². The quantitative estimate of drug-likeness (QED) is 0.908. The number of nitrogens with zero attached hydrogens (tertiary/aromatic N) is 2. The molecule has 0 bridgehead atoms. The molecule has 0 atom stereocenters. The van der Waals surface area contributed by atoms with E-state index in [4.69, 9.17) is 11.6 Å². The maximum atomic E-state index is 12.2. The summed E-state index contributed by atoms with van der Waals surface area (Å²) in [5.74, 6) is 0.793. The van der Waals surface area contributed by atoms with Gasteiger partial charge in [-0.15, -0.1) is 0 Å². The van der Waals surface area contributed by atoms with Gasteiger partial charge in [0, 0.05) is 18.9 Å². The Morgan fingerprint density at radius 1 is 1.30 bits per heavy atom. The monoisotopic (exact) mass is 290 g/mol. The van der Waals surface area contributed by atoms with Gasteiger partial charge in [0.25, 0.3) is 5.91 Å². The van der Waals surface area contributed by atoms with Crippen LogP contribution in [0, 0.1) is 6.92 Å². The van der Waals surface area contributed by atoms with Gasteiger partial charge in [-0.2, -0.15) is 0 Å². The lowest BCUT2D eigenvalue weighted by molar-refractivity contribution is 0.102. The van der Waals surface area contributed by atoms with Gasteiger partial charge < -0.3 is 10.6 Å². The first-order chi connectivity index (χ1) is 9.60. The number of carbonyl (C=O) groups is 1. The molecule has 0 aliphatic heterocycles. The summed E-state index contributed by atoms with van der Waals surface area (Å²) < 4.78 is 0. The zero-order valence-corrected chi connectivity index (χ0v) is 12.0. The van der Waals surface area contributed by atoms with Crippen molar-refractivity contribution in [3.8, 4) is 0 Å². The molecule has 2 aromatic rings. The summed E-state index contributed by atoms with van der Waals surface area (Å²) in [7, 11) is 0. The molecule has 0 spiro atoms. The molecule has 0 unspecified atom stereocenters. The van der Waals surface area contributed by atoms with E-state index in [1.165, 1.54) is 6.20 Å². The van der Waals surface area contributed by atoms with Crippen LogP contribution in [0.3, 0.4) is 0 Å². The third kappa shape index (κ3) is 3.45. The summed E-state index contributed by atoms with van der Waals surface area (Å²) in [4.78, 5) is 20.4. The highest BCUT2D eigenvalue weighted by Gasteiger charge is 2.12. The molecule has 0 saturated carbocycles. The summed E-state index contributed by atoms with van der Waals surface area (Å²) in [5, 5.41) is 6.06. The first-order valence-corrected chi connectivity index (χ1v) is 6.61. The van der Waals surface area contributed by atoms with Crippen LogP contribution in [0.4, 0.5) is 11.6 Å². The molecular formula is C14H15ClN4O. The Kier molecular flexibility index (Phi) is 4.53. The summed E-state index contributed by atoms with van der Waals surface area (Å²) in [6.45, 7) is 4.60. The Bertz CT molecular complexity index is 630. The first kappa shape index (κ1) is 14.3. The van der Waals surface area contributed by atoms with Crippen LogP contribution in [0.1, 0.15) is 22.8 Å². The van der Waals surface area contributed by atoms with Gasteiger partial charge in [-0.25, -0.2) is 9.97 Å². The fourth-order valence-corrected chi connectivity index (χ4v) is 1.87. The lowest BCUT2D eigenvalue weighted by atomic mass is 10.2. The molecule has 0 aliphatic rings. The van der Waals surface area contributed by atoms with Crippen molar-refractivity contribution in [3.63, 3.8) is 0 Å². The Morgan fingerprint density at radius 3 is 2.80 bits per heavy atom. The van der Waals surface area contributed by atoms with Crippen molar-refractivity contribution >= 4 is 29.1 Å². The van der Waals surface area contributed by atoms with Crippen LogP contribution in [-0.4, -0.2) is 22.4 Å². The second-order valence-electron chi connectivity index (χ2n) is 4.25. The fourth-order valence-electron chi connectivity index (χ4n) is 1.68. The van der Waals surface area contributed by atoms with E-state index in [0.717, 1.165) is 12.1 Å². The van der Waals surface area contributed by atoms with E-state index >= 15 is 0 Å². The Balaban J connectivity index is 2.22. The topological polar surface area (TPSA) is 66.9 Å². The predicted octanol–water partition coefficient (Wildman–Crippen LogP) is 3.12. The smallest absolute Gasteiger partial charge is 0.258 e. The second-order valence-corrected chi connectivity index (χ2v) is 4.66. The number of amides is 1. The van der Waals surface area contributed by atoms with Crippen LogP contribution in [0.2, 0.25) is 5.02 Å². The fraction of sp³-hybridized carbons (Fsp3) is 0.214. The summed E-state index contributed by atoms with van der Waals surface area (Å²) in [6, 6.07) is 5.27. The van der Waals surface area contributed by atoms with E-state index in [2.05, 4.69) is 20.6 Å². The average Bonchev–Trinajstić information content (AvgIpc) is 2.41. The van der Waals surface area contributed by atoms with E-state index < -0.39 is 0 Å². The van der Waals surface area contributed by atoms with Crippen molar-refractivity contribution < 1.29 is 4.79 Å². The number of halogens is 1. The molecule has 0 aliphatic carbocycles. The highest BCUT2D eigenvalue weighted by Crippen LogP contribution is 2.19. The van der Waals surface area contributed by atoms with Crippen LogP contribution in [0.15, 0.2) is 30.6 Å². The van der Waals surface area contributed by atoms with E-state index in [0.29, 0.717) is 22.2 Å². The summed E-state index contributed by atoms with van der Waals surface area (Å²) in [5.41, 5.74) is 1.38. The lowest BCUT2D eigenvalue weighted by Gasteiger charge is -2.08. The van der Waals surface area contributed by atoms with Crippen molar-refractivity contribution in [2.75, 3.05) is 17.2 Å². The van der Waals surface area contributed by atoms with Gasteiger partial charge in [0.05, 0.1) is 10.6 Å². The van der Waals surface area contributed by atoms with Gasteiger partial charge >= 0.3 is 0 Å². The molecule has 0 radical (unpaired) electrons. The minimum atomic E-state index is -0.311. The van der Waals surface area contributed by atoms with E-state index in [-0.39, 0.29) is 5.91 Å². The number of rotatable bonds is 4. The SMILES string of the molecule is CCNc1cc(C(=O)Nc2cc(C)ccn2)c(Cl)cn1. The lowest BCUT2D eigenvalue weighted by Crippen LogP contribution is -2.14. The molecule has 2 heterocycles. The van der Waals surface area contributed by atoms with Crippen LogP contribution in [-0.2, 0) is 0 Å². The normalized spacial score (nSPS) is 10.2. The summed E-state index contributed by atoms with van der Waals surface area (Å²) in [6.07, 6.45) is 3.10. The maximum Gasteiger partial charge on any atom is 0.258 e.